The van der Waals surface area contributed by atoms with Crippen molar-refractivity contribution in [1.29, 1.82) is 0 Å². The summed E-state index contributed by atoms with van der Waals surface area (Å²) < 4.78 is 15.0. The number of urea groups is 1. The molecule has 1 fully saturated rings. The lowest BCUT2D eigenvalue weighted by Gasteiger charge is -2.13. The Morgan fingerprint density at radius 1 is 1.04 bits per heavy atom. The van der Waals surface area contributed by atoms with Gasteiger partial charge in [0.25, 0.3) is 0 Å². The van der Waals surface area contributed by atoms with Gasteiger partial charge < -0.3 is 4.57 Å². The molecule has 27 heavy (non-hydrogen) atoms. The second-order valence-electron chi connectivity index (χ2n) is 6.46. The van der Waals surface area contributed by atoms with Gasteiger partial charge in [-0.2, -0.15) is 0 Å². The number of halogens is 1. The number of benzene rings is 1. The van der Waals surface area contributed by atoms with Crippen LogP contribution in [0, 0.1) is 19.7 Å². The number of aryl methyl sites for hydroxylation is 1. The highest BCUT2D eigenvalue weighted by Gasteiger charge is 2.43. The first kappa shape index (κ1) is 18.5. The summed E-state index contributed by atoms with van der Waals surface area (Å²) in [7, 11) is 1.20. The number of aromatic nitrogens is 1. The van der Waals surface area contributed by atoms with Gasteiger partial charge in [-0.3, -0.25) is 19.3 Å². The summed E-state index contributed by atoms with van der Waals surface area (Å²) in [5, 5.41) is 0. The lowest BCUT2D eigenvalue weighted by molar-refractivity contribution is -0.142. The highest BCUT2D eigenvalue weighted by molar-refractivity contribution is 6.45. The average molecular weight is 371 g/mol. The van der Waals surface area contributed by atoms with Crippen molar-refractivity contribution in [3.63, 3.8) is 0 Å². The van der Waals surface area contributed by atoms with Crippen molar-refractivity contribution in [3.8, 4) is 0 Å². The largest absolute Gasteiger partial charge is 0.344 e. The number of amides is 4. The molecule has 1 aromatic carbocycles. The second kappa shape index (κ2) is 6.79. The minimum Gasteiger partial charge on any atom is -0.344 e. The van der Waals surface area contributed by atoms with Crippen LogP contribution in [0.4, 0.5) is 9.18 Å². The van der Waals surface area contributed by atoms with Crippen LogP contribution in [-0.2, 0) is 16.1 Å². The molecule has 1 aromatic heterocycles. The second-order valence-corrected chi connectivity index (χ2v) is 6.46. The predicted octanol–water partition coefficient (Wildman–Crippen LogP) is 1.90. The molecule has 0 N–H and O–H groups in total. The molecule has 2 aromatic rings. The summed E-state index contributed by atoms with van der Waals surface area (Å²) in [6.45, 7) is 3.55. The molecular formula is C19H18FN3O4. The van der Waals surface area contributed by atoms with Crippen molar-refractivity contribution in [2.45, 2.75) is 20.4 Å². The average Bonchev–Trinajstić information content (AvgIpc) is 3.01. The van der Waals surface area contributed by atoms with E-state index in [4.69, 9.17) is 0 Å². The standard InChI is InChI=1S/C19H18FN3O4/c1-11-8-15(12(2)22(11)9-13-4-6-14(20)7-5-13)16(24)10-23-18(26)17(25)21(3)19(23)27/h4-8H,9-10H2,1-3H3. The molecule has 0 aliphatic carbocycles. The van der Waals surface area contributed by atoms with Crippen molar-refractivity contribution >= 4 is 23.6 Å². The molecule has 4 amide bonds. The predicted molar refractivity (Wildman–Crippen MR) is 93.6 cm³/mol. The summed E-state index contributed by atoms with van der Waals surface area (Å²) in [4.78, 5) is 49.3. The minimum atomic E-state index is -1.00. The molecule has 0 radical (unpaired) electrons. The quantitative estimate of drug-likeness (QED) is 0.457. The number of rotatable bonds is 5. The van der Waals surface area contributed by atoms with E-state index < -0.39 is 30.2 Å². The van der Waals surface area contributed by atoms with Crippen molar-refractivity contribution < 1.29 is 23.6 Å². The van der Waals surface area contributed by atoms with Crippen molar-refractivity contribution in [2.24, 2.45) is 0 Å². The Bertz CT molecular complexity index is 962. The van der Waals surface area contributed by atoms with Crippen LogP contribution in [-0.4, -0.2) is 51.6 Å². The summed E-state index contributed by atoms with van der Waals surface area (Å²) in [6, 6.07) is 6.94. The first-order valence-corrected chi connectivity index (χ1v) is 8.28. The third-order valence-corrected chi connectivity index (χ3v) is 4.68. The number of imide groups is 2. The van der Waals surface area contributed by atoms with E-state index in [0.717, 1.165) is 11.3 Å². The van der Waals surface area contributed by atoms with Crippen LogP contribution in [0.2, 0.25) is 0 Å². The van der Waals surface area contributed by atoms with Crippen LogP contribution in [0.1, 0.15) is 27.3 Å². The normalized spacial score (nSPS) is 14.4. The zero-order chi connectivity index (χ0) is 19.9. The molecule has 0 bridgehead atoms. The first-order valence-electron chi connectivity index (χ1n) is 8.28. The van der Waals surface area contributed by atoms with Crippen LogP contribution in [0.25, 0.3) is 0 Å². The number of likely N-dealkylation sites (N-methyl/N-ethyl adjacent to an activating group) is 1. The number of Topliss-reactive ketones (excluding diaryl/α,β-unsaturated/α-hetero) is 1. The van der Waals surface area contributed by atoms with E-state index in [1.165, 1.54) is 19.2 Å². The van der Waals surface area contributed by atoms with E-state index in [0.29, 0.717) is 27.6 Å². The van der Waals surface area contributed by atoms with E-state index in [2.05, 4.69) is 0 Å². The van der Waals surface area contributed by atoms with E-state index in [1.54, 1.807) is 25.1 Å². The SMILES string of the molecule is Cc1cc(C(=O)CN2C(=O)C(=O)N(C)C2=O)c(C)n1Cc1ccc(F)cc1. The topological polar surface area (TPSA) is 79.7 Å². The van der Waals surface area contributed by atoms with E-state index in [1.807, 2.05) is 11.5 Å². The zero-order valence-corrected chi connectivity index (χ0v) is 15.2. The van der Waals surface area contributed by atoms with Crippen molar-refractivity contribution in [3.05, 3.63) is 58.7 Å². The maximum absolute atomic E-state index is 13.1. The maximum Gasteiger partial charge on any atom is 0.334 e. The number of carbonyl (C=O) groups is 4. The molecule has 3 rings (SSSR count). The highest BCUT2D eigenvalue weighted by atomic mass is 19.1. The molecule has 0 atom stereocenters. The Labute approximate surface area is 155 Å². The summed E-state index contributed by atoms with van der Waals surface area (Å²) >= 11 is 0. The zero-order valence-electron chi connectivity index (χ0n) is 15.2. The minimum absolute atomic E-state index is 0.324. The Balaban J connectivity index is 1.82. The fraction of sp³-hybridized carbons (Fsp3) is 0.263. The third kappa shape index (κ3) is 3.25. The molecule has 1 aliphatic heterocycles. The number of nitrogens with zero attached hydrogens (tertiary/aromatic N) is 3. The van der Waals surface area contributed by atoms with Crippen LogP contribution in [0.5, 0.6) is 0 Å². The van der Waals surface area contributed by atoms with E-state index >= 15 is 0 Å². The summed E-state index contributed by atoms with van der Waals surface area (Å²) in [6.07, 6.45) is 0. The molecule has 140 valence electrons. The van der Waals surface area contributed by atoms with Crippen molar-refractivity contribution in [2.75, 3.05) is 13.6 Å². The molecular weight excluding hydrogens is 353 g/mol. The van der Waals surface area contributed by atoms with Crippen LogP contribution >= 0.6 is 0 Å². The Hall–Kier alpha value is -3.29. The molecule has 8 heteroatoms. The number of carbonyl (C=O) groups excluding carboxylic acids is 4. The molecule has 0 unspecified atom stereocenters. The number of hydrogen-bond donors (Lipinski definition) is 0. The smallest absolute Gasteiger partial charge is 0.334 e. The Morgan fingerprint density at radius 2 is 1.67 bits per heavy atom. The van der Waals surface area contributed by atoms with Crippen LogP contribution < -0.4 is 0 Å². The molecule has 0 saturated carbocycles. The Kier molecular flexibility index (Phi) is 4.65. The fourth-order valence-corrected chi connectivity index (χ4v) is 3.08. The monoisotopic (exact) mass is 371 g/mol. The molecule has 1 saturated heterocycles. The van der Waals surface area contributed by atoms with Gasteiger partial charge in [0.05, 0.1) is 6.54 Å². The lowest BCUT2D eigenvalue weighted by atomic mass is 10.1. The van der Waals surface area contributed by atoms with Gasteiger partial charge in [0.15, 0.2) is 5.78 Å². The van der Waals surface area contributed by atoms with Crippen LogP contribution in [0.15, 0.2) is 30.3 Å². The van der Waals surface area contributed by atoms with Gasteiger partial charge in [-0.1, -0.05) is 12.1 Å². The van der Waals surface area contributed by atoms with Crippen LogP contribution in [0.3, 0.4) is 0 Å². The molecule has 2 heterocycles. The highest BCUT2D eigenvalue weighted by Crippen LogP contribution is 2.19. The van der Waals surface area contributed by atoms with Gasteiger partial charge in [-0.15, -0.1) is 0 Å². The van der Waals surface area contributed by atoms with Gasteiger partial charge in [-0.25, -0.2) is 14.1 Å². The van der Waals surface area contributed by atoms with E-state index in [9.17, 15) is 23.6 Å². The van der Waals surface area contributed by atoms with Crippen molar-refractivity contribution in [1.82, 2.24) is 14.4 Å². The Morgan fingerprint density at radius 3 is 2.22 bits per heavy atom. The van der Waals surface area contributed by atoms with Gasteiger partial charge in [0.2, 0.25) is 0 Å². The van der Waals surface area contributed by atoms with Gasteiger partial charge in [-0.05, 0) is 37.6 Å². The number of ketones is 1. The molecule has 1 aliphatic rings. The lowest BCUT2D eigenvalue weighted by Crippen LogP contribution is -2.36. The third-order valence-electron chi connectivity index (χ3n) is 4.68. The summed E-state index contributed by atoms with van der Waals surface area (Å²) in [5.41, 5.74) is 2.72. The summed E-state index contributed by atoms with van der Waals surface area (Å²) in [5.74, 6) is -2.71. The van der Waals surface area contributed by atoms with E-state index in [-0.39, 0.29) is 5.82 Å². The fourth-order valence-electron chi connectivity index (χ4n) is 3.08. The number of hydrogen-bond acceptors (Lipinski definition) is 4. The first-order chi connectivity index (χ1) is 12.7. The van der Waals surface area contributed by atoms with Gasteiger partial charge in [0.1, 0.15) is 5.82 Å². The van der Waals surface area contributed by atoms with Gasteiger partial charge in [0, 0.05) is 30.5 Å². The molecule has 0 spiro atoms. The maximum atomic E-state index is 13.1. The van der Waals surface area contributed by atoms with Gasteiger partial charge >= 0.3 is 17.8 Å². The molecule has 7 nitrogen and oxygen atoms in total.